The smallest absolute Gasteiger partial charge is 0.0992 e. The van der Waals surface area contributed by atoms with Crippen LogP contribution in [0.4, 0.5) is 0 Å². The second kappa shape index (κ2) is 7.56. The van der Waals surface area contributed by atoms with E-state index in [1.807, 2.05) is 0 Å². The number of methoxy groups -OCH3 is 2. The first-order valence-corrected chi connectivity index (χ1v) is 4.69. The predicted molar refractivity (Wildman–Crippen MR) is 50.9 cm³/mol. The van der Waals surface area contributed by atoms with E-state index in [2.05, 4.69) is 13.8 Å². The Morgan fingerprint density at radius 2 is 1.92 bits per heavy atom. The molecule has 2 heteroatoms. The van der Waals surface area contributed by atoms with Gasteiger partial charge in [-0.05, 0) is 12.8 Å². The zero-order valence-corrected chi connectivity index (χ0v) is 8.72. The van der Waals surface area contributed by atoms with Crippen LogP contribution in [-0.4, -0.2) is 20.3 Å². The van der Waals surface area contributed by atoms with Gasteiger partial charge >= 0.3 is 0 Å². The fraction of sp³-hybridized carbons (Fsp3) is 0.900. The van der Waals surface area contributed by atoms with Gasteiger partial charge in [0.2, 0.25) is 0 Å². The second-order valence-corrected chi connectivity index (χ2v) is 2.96. The Morgan fingerprint density at radius 3 is 2.25 bits per heavy atom. The van der Waals surface area contributed by atoms with Gasteiger partial charge in [0, 0.05) is 20.6 Å². The molecule has 0 rings (SSSR count). The van der Waals surface area contributed by atoms with Crippen molar-refractivity contribution in [2.75, 3.05) is 14.2 Å². The quantitative estimate of drug-likeness (QED) is 0.589. The monoisotopic (exact) mass is 173 g/mol. The zero-order chi connectivity index (χ0) is 9.40. The Kier molecular flexibility index (Phi) is 7.51. The highest BCUT2D eigenvalue weighted by molar-refractivity contribution is 4.80. The van der Waals surface area contributed by atoms with Crippen LogP contribution in [0, 0.1) is 6.10 Å². The van der Waals surface area contributed by atoms with Crippen LogP contribution in [0.1, 0.15) is 39.5 Å². The topological polar surface area (TPSA) is 18.5 Å². The lowest BCUT2D eigenvalue weighted by atomic mass is 10.1. The predicted octanol–water partition coefficient (Wildman–Crippen LogP) is 2.78. The lowest BCUT2D eigenvalue weighted by molar-refractivity contribution is 0.0629. The number of hydrogen-bond donors (Lipinski definition) is 0. The maximum atomic E-state index is 5.28. The van der Waals surface area contributed by atoms with Crippen molar-refractivity contribution in [1.82, 2.24) is 0 Å². The molecule has 73 valence electrons. The molecule has 0 spiro atoms. The molecule has 0 aromatic carbocycles. The van der Waals surface area contributed by atoms with E-state index in [4.69, 9.17) is 9.47 Å². The van der Waals surface area contributed by atoms with E-state index in [0.29, 0.717) is 6.10 Å². The van der Waals surface area contributed by atoms with Crippen molar-refractivity contribution in [3.8, 4) is 0 Å². The minimum atomic E-state index is 0.325. The van der Waals surface area contributed by atoms with Crippen LogP contribution in [0.15, 0.2) is 0 Å². The molecule has 0 aromatic heterocycles. The van der Waals surface area contributed by atoms with Gasteiger partial charge in [0.1, 0.15) is 0 Å². The minimum Gasteiger partial charge on any atom is -0.381 e. The zero-order valence-electron chi connectivity index (χ0n) is 8.72. The maximum Gasteiger partial charge on any atom is 0.0992 e. The molecule has 0 N–H and O–H groups in total. The molecular weight excluding hydrogens is 152 g/mol. The van der Waals surface area contributed by atoms with E-state index >= 15 is 0 Å². The van der Waals surface area contributed by atoms with Gasteiger partial charge in [-0.1, -0.05) is 20.3 Å². The fourth-order valence-electron chi connectivity index (χ4n) is 1.21. The summed E-state index contributed by atoms with van der Waals surface area (Å²) in [5.41, 5.74) is 0. The average Bonchev–Trinajstić information content (AvgIpc) is 2.12. The summed E-state index contributed by atoms with van der Waals surface area (Å²) in [5, 5.41) is 0. The molecule has 0 bridgehead atoms. The van der Waals surface area contributed by atoms with E-state index in [1.165, 1.54) is 0 Å². The number of ether oxygens (including phenoxy) is 2. The summed E-state index contributed by atoms with van der Waals surface area (Å²) in [7, 11) is 3.50. The molecule has 2 nitrogen and oxygen atoms in total. The molecule has 0 heterocycles. The molecule has 0 fully saturated rings. The molecule has 0 aliphatic rings. The summed E-state index contributed by atoms with van der Waals surface area (Å²) in [5.74, 6) is 0. The Bertz CT molecular complexity index is 89.8. The van der Waals surface area contributed by atoms with Crippen LogP contribution >= 0.6 is 0 Å². The molecule has 0 saturated heterocycles. The van der Waals surface area contributed by atoms with Crippen molar-refractivity contribution in [3.05, 3.63) is 6.10 Å². The van der Waals surface area contributed by atoms with Gasteiger partial charge in [-0.15, -0.1) is 0 Å². The lowest BCUT2D eigenvalue weighted by Crippen LogP contribution is -2.15. The Hall–Kier alpha value is -0.0800. The van der Waals surface area contributed by atoms with E-state index < -0.39 is 0 Å². The highest BCUT2D eigenvalue weighted by Gasteiger charge is 2.13. The normalized spacial score (nSPS) is 13.8. The van der Waals surface area contributed by atoms with Gasteiger partial charge in [0.15, 0.2) is 0 Å². The third-order valence-electron chi connectivity index (χ3n) is 2.06. The van der Waals surface area contributed by atoms with E-state index in [0.717, 1.165) is 31.8 Å². The molecule has 0 amide bonds. The summed E-state index contributed by atoms with van der Waals surface area (Å²) in [6.45, 7) is 4.29. The first-order chi connectivity index (χ1) is 5.78. The van der Waals surface area contributed by atoms with E-state index in [9.17, 15) is 0 Å². The van der Waals surface area contributed by atoms with Crippen molar-refractivity contribution < 1.29 is 9.47 Å². The van der Waals surface area contributed by atoms with Crippen molar-refractivity contribution in [3.63, 3.8) is 0 Å². The molecule has 0 aliphatic heterocycles. The van der Waals surface area contributed by atoms with Gasteiger partial charge < -0.3 is 9.47 Å². The van der Waals surface area contributed by atoms with Gasteiger partial charge in [0.25, 0.3) is 0 Å². The fourth-order valence-corrected chi connectivity index (χ4v) is 1.21. The second-order valence-electron chi connectivity index (χ2n) is 2.96. The highest BCUT2D eigenvalue weighted by atomic mass is 16.5. The van der Waals surface area contributed by atoms with E-state index in [1.54, 1.807) is 14.2 Å². The number of hydrogen-bond acceptors (Lipinski definition) is 2. The van der Waals surface area contributed by atoms with E-state index in [-0.39, 0.29) is 0 Å². The van der Waals surface area contributed by atoms with Crippen LogP contribution in [-0.2, 0) is 9.47 Å². The van der Waals surface area contributed by atoms with Gasteiger partial charge in [0.05, 0.1) is 12.2 Å². The first-order valence-electron chi connectivity index (χ1n) is 4.69. The highest BCUT2D eigenvalue weighted by Crippen LogP contribution is 2.19. The van der Waals surface area contributed by atoms with Crippen molar-refractivity contribution in [2.45, 2.75) is 45.6 Å². The molecule has 0 aliphatic carbocycles. The average molecular weight is 173 g/mol. The van der Waals surface area contributed by atoms with Gasteiger partial charge in [-0.3, -0.25) is 0 Å². The molecule has 1 unspecified atom stereocenters. The van der Waals surface area contributed by atoms with Gasteiger partial charge in [-0.2, -0.15) is 0 Å². The molecule has 1 atom stereocenters. The van der Waals surface area contributed by atoms with Crippen LogP contribution in [0.5, 0.6) is 0 Å². The van der Waals surface area contributed by atoms with Gasteiger partial charge in [-0.25, -0.2) is 0 Å². The third-order valence-corrected chi connectivity index (χ3v) is 2.06. The lowest BCUT2D eigenvalue weighted by Gasteiger charge is -2.18. The summed E-state index contributed by atoms with van der Waals surface area (Å²) < 4.78 is 10.5. The summed E-state index contributed by atoms with van der Waals surface area (Å²) in [4.78, 5) is 0. The Labute approximate surface area is 76.3 Å². The molecule has 1 radical (unpaired) electrons. The molecular formula is C10H21O2. The largest absolute Gasteiger partial charge is 0.381 e. The summed E-state index contributed by atoms with van der Waals surface area (Å²) >= 11 is 0. The standard InChI is InChI=1S/C10H21O2/c1-5-7-10(12-4)8-9(6-2)11-3/h9H,5-8H2,1-4H3. The third kappa shape index (κ3) is 4.73. The maximum absolute atomic E-state index is 5.28. The van der Waals surface area contributed by atoms with Crippen LogP contribution in [0.25, 0.3) is 0 Å². The van der Waals surface area contributed by atoms with Crippen molar-refractivity contribution >= 4 is 0 Å². The summed E-state index contributed by atoms with van der Waals surface area (Å²) in [6, 6.07) is 0. The van der Waals surface area contributed by atoms with Crippen LogP contribution < -0.4 is 0 Å². The molecule has 0 saturated carbocycles. The summed E-state index contributed by atoms with van der Waals surface area (Å²) in [6.07, 6.45) is 5.67. The molecule has 12 heavy (non-hydrogen) atoms. The number of rotatable bonds is 7. The SMILES string of the molecule is CCC[C](CC(CC)OC)OC. The Balaban J connectivity index is 3.65. The van der Waals surface area contributed by atoms with Crippen molar-refractivity contribution in [2.24, 2.45) is 0 Å². The molecule has 0 aromatic rings. The van der Waals surface area contributed by atoms with Crippen molar-refractivity contribution in [1.29, 1.82) is 0 Å². The first kappa shape index (κ1) is 11.9. The Morgan fingerprint density at radius 1 is 1.25 bits per heavy atom. The minimum absolute atomic E-state index is 0.325. The van der Waals surface area contributed by atoms with Crippen LogP contribution in [0.3, 0.4) is 0 Å². The van der Waals surface area contributed by atoms with Crippen LogP contribution in [0.2, 0.25) is 0 Å².